The first-order valence-corrected chi connectivity index (χ1v) is 6.87. The summed E-state index contributed by atoms with van der Waals surface area (Å²) in [5.74, 6) is -0.232. The molecule has 6 heteroatoms. The van der Waals surface area contributed by atoms with Crippen molar-refractivity contribution in [2.24, 2.45) is 0 Å². The monoisotopic (exact) mass is 306 g/mol. The highest BCUT2D eigenvalue weighted by molar-refractivity contribution is 8.04. The maximum atomic E-state index is 12.3. The maximum absolute atomic E-state index is 12.3. The summed E-state index contributed by atoms with van der Waals surface area (Å²) < 4.78 is 15.0. The van der Waals surface area contributed by atoms with Gasteiger partial charge in [0.2, 0.25) is 23.1 Å². The number of Topliss-reactive ketones (excluding diaryl/α,β-unsaturated/α-hetero) is 1. The number of benzene rings is 1. The van der Waals surface area contributed by atoms with E-state index in [0.29, 0.717) is 5.75 Å². The van der Waals surface area contributed by atoms with Crippen LogP contribution in [0.4, 0.5) is 0 Å². The minimum Gasteiger partial charge on any atom is -0.497 e. The summed E-state index contributed by atoms with van der Waals surface area (Å²) in [5.41, 5.74) is 0. The van der Waals surface area contributed by atoms with E-state index in [1.807, 2.05) is 12.1 Å². The van der Waals surface area contributed by atoms with Gasteiger partial charge in [-0.3, -0.25) is 9.59 Å². The molecule has 0 atom stereocenters. The SMILES string of the molecule is COC1=C(OC)C(=O)C(Sc2cccc(OC)c2)=CC1=O. The quantitative estimate of drug-likeness (QED) is 0.778. The van der Waals surface area contributed by atoms with Gasteiger partial charge in [-0.1, -0.05) is 17.8 Å². The van der Waals surface area contributed by atoms with Gasteiger partial charge in [-0.2, -0.15) is 0 Å². The number of rotatable bonds is 5. The van der Waals surface area contributed by atoms with Crippen LogP contribution in [0.25, 0.3) is 0 Å². The molecule has 1 aromatic carbocycles. The van der Waals surface area contributed by atoms with E-state index in [1.165, 1.54) is 32.1 Å². The Kier molecular flexibility index (Phi) is 4.70. The summed E-state index contributed by atoms with van der Waals surface area (Å²) in [7, 11) is 4.22. The van der Waals surface area contributed by atoms with E-state index in [2.05, 4.69) is 0 Å². The van der Waals surface area contributed by atoms with Crippen LogP contribution in [0.2, 0.25) is 0 Å². The zero-order chi connectivity index (χ0) is 15.4. The van der Waals surface area contributed by atoms with Crippen molar-refractivity contribution in [3.05, 3.63) is 46.8 Å². The minimum absolute atomic E-state index is 0.0718. The normalized spacial score (nSPS) is 14.9. The third-order valence-corrected chi connectivity index (χ3v) is 3.81. The van der Waals surface area contributed by atoms with Crippen molar-refractivity contribution in [1.82, 2.24) is 0 Å². The molecule has 0 saturated heterocycles. The van der Waals surface area contributed by atoms with E-state index in [1.54, 1.807) is 19.2 Å². The summed E-state index contributed by atoms with van der Waals surface area (Å²) >= 11 is 1.18. The van der Waals surface area contributed by atoms with E-state index in [0.717, 1.165) is 4.90 Å². The molecular formula is C15H14O5S. The molecule has 0 aromatic heterocycles. The summed E-state index contributed by atoms with van der Waals surface area (Å²) in [5, 5.41) is 0. The second-order valence-corrected chi connectivity index (χ2v) is 5.16. The zero-order valence-electron chi connectivity index (χ0n) is 11.8. The van der Waals surface area contributed by atoms with Crippen LogP contribution in [0.15, 0.2) is 51.7 Å². The van der Waals surface area contributed by atoms with Gasteiger partial charge in [0.25, 0.3) is 0 Å². The molecule has 110 valence electrons. The third kappa shape index (κ3) is 3.11. The number of hydrogen-bond donors (Lipinski definition) is 0. The van der Waals surface area contributed by atoms with Gasteiger partial charge >= 0.3 is 0 Å². The molecule has 1 aromatic rings. The first-order chi connectivity index (χ1) is 10.1. The molecule has 5 nitrogen and oxygen atoms in total. The maximum Gasteiger partial charge on any atom is 0.238 e. The van der Waals surface area contributed by atoms with Crippen molar-refractivity contribution in [2.45, 2.75) is 4.90 Å². The van der Waals surface area contributed by atoms with Crippen LogP contribution in [0.3, 0.4) is 0 Å². The fourth-order valence-corrected chi connectivity index (χ4v) is 2.75. The highest BCUT2D eigenvalue weighted by Crippen LogP contribution is 2.34. The molecule has 0 saturated carbocycles. The molecule has 0 spiro atoms. The molecule has 0 radical (unpaired) electrons. The molecule has 2 rings (SSSR count). The zero-order valence-corrected chi connectivity index (χ0v) is 12.7. The van der Waals surface area contributed by atoms with Crippen molar-refractivity contribution in [1.29, 1.82) is 0 Å². The Morgan fingerprint density at radius 2 is 1.67 bits per heavy atom. The van der Waals surface area contributed by atoms with Crippen molar-refractivity contribution in [3.8, 4) is 5.75 Å². The molecule has 0 unspecified atom stereocenters. The number of methoxy groups -OCH3 is 3. The third-order valence-electron chi connectivity index (χ3n) is 2.80. The van der Waals surface area contributed by atoms with E-state index < -0.39 is 0 Å². The second kappa shape index (κ2) is 6.49. The van der Waals surface area contributed by atoms with Crippen molar-refractivity contribution in [3.63, 3.8) is 0 Å². The van der Waals surface area contributed by atoms with Gasteiger partial charge < -0.3 is 14.2 Å². The van der Waals surface area contributed by atoms with Gasteiger partial charge in [-0.05, 0) is 18.2 Å². The average Bonchev–Trinajstić information content (AvgIpc) is 2.50. The van der Waals surface area contributed by atoms with E-state index in [-0.39, 0.29) is 28.0 Å². The smallest absolute Gasteiger partial charge is 0.238 e. The largest absolute Gasteiger partial charge is 0.497 e. The standard InChI is InChI=1S/C15H14O5S/c1-18-9-5-4-6-10(7-9)21-12-8-11(16)14(19-2)15(20-3)13(12)17/h4-8H,1-3H3. The molecule has 0 fully saturated rings. The topological polar surface area (TPSA) is 61.8 Å². The van der Waals surface area contributed by atoms with Crippen LogP contribution in [-0.2, 0) is 19.1 Å². The highest BCUT2D eigenvalue weighted by Gasteiger charge is 2.31. The Bertz CT molecular complexity index is 645. The average molecular weight is 306 g/mol. The highest BCUT2D eigenvalue weighted by atomic mass is 32.2. The van der Waals surface area contributed by atoms with Crippen LogP contribution in [0.1, 0.15) is 0 Å². The molecule has 0 bridgehead atoms. The lowest BCUT2D eigenvalue weighted by Gasteiger charge is -2.16. The van der Waals surface area contributed by atoms with Crippen molar-refractivity contribution >= 4 is 23.3 Å². The van der Waals surface area contributed by atoms with E-state index in [9.17, 15) is 9.59 Å². The summed E-state index contributed by atoms with van der Waals surface area (Å²) in [6.45, 7) is 0. The molecular weight excluding hydrogens is 292 g/mol. The molecule has 0 amide bonds. The summed E-state index contributed by atoms with van der Waals surface area (Å²) in [6.07, 6.45) is 1.26. The number of hydrogen-bond acceptors (Lipinski definition) is 6. The Labute approximate surface area is 126 Å². The molecule has 1 aliphatic rings. The molecule has 0 aliphatic heterocycles. The fraction of sp³-hybridized carbons (Fsp3) is 0.200. The van der Waals surface area contributed by atoms with Crippen molar-refractivity contribution < 1.29 is 23.8 Å². The number of carbonyl (C=O) groups is 2. The van der Waals surface area contributed by atoms with Gasteiger partial charge in [0.15, 0.2) is 0 Å². The lowest BCUT2D eigenvalue weighted by atomic mass is 10.1. The lowest BCUT2D eigenvalue weighted by Crippen LogP contribution is -2.20. The summed E-state index contributed by atoms with van der Waals surface area (Å²) in [6, 6.07) is 7.22. The minimum atomic E-state index is -0.389. The Balaban J connectivity index is 2.29. The Morgan fingerprint density at radius 3 is 2.29 bits per heavy atom. The van der Waals surface area contributed by atoms with Gasteiger partial charge in [-0.25, -0.2) is 0 Å². The van der Waals surface area contributed by atoms with Crippen LogP contribution >= 0.6 is 11.8 Å². The molecule has 0 N–H and O–H groups in total. The van der Waals surface area contributed by atoms with Crippen LogP contribution in [0, 0.1) is 0 Å². The van der Waals surface area contributed by atoms with Crippen molar-refractivity contribution in [2.75, 3.05) is 21.3 Å². The first-order valence-electron chi connectivity index (χ1n) is 6.05. The number of carbonyl (C=O) groups excluding carboxylic acids is 2. The number of ketones is 2. The number of allylic oxidation sites excluding steroid dienone is 2. The van der Waals surface area contributed by atoms with Gasteiger partial charge in [-0.15, -0.1) is 0 Å². The van der Waals surface area contributed by atoms with Crippen LogP contribution in [-0.4, -0.2) is 32.9 Å². The second-order valence-electron chi connectivity index (χ2n) is 4.05. The van der Waals surface area contributed by atoms with E-state index in [4.69, 9.17) is 14.2 Å². The molecule has 0 heterocycles. The molecule has 1 aliphatic carbocycles. The van der Waals surface area contributed by atoms with E-state index >= 15 is 0 Å². The fourth-order valence-electron chi connectivity index (χ4n) is 1.82. The van der Waals surface area contributed by atoms with Gasteiger partial charge in [0.05, 0.1) is 26.2 Å². The summed E-state index contributed by atoms with van der Waals surface area (Å²) in [4.78, 5) is 25.3. The molecule has 21 heavy (non-hydrogen) atoms. The number of ether oxygens (including phenoxy) is 3. The predicted octanol–water partition coefficient (Wildman–Crippen LogP) is 2.33. The first kappa shape index (κ1) is 15.2. The Hall–Kier alpha value is -2.21. The van der Waals surface area contributed by atoms with Crippen LogP contribution < -0.4 is 4.74 Å². The van der Waals surface area contributed by atoms with Gasteiger partial charge in [0, 0.05) is 11.0 Å². The van der Waals surface area contributed by atoms with Crippen LogP contribution in [0.5, 0.6) is 5.75 Å². The Morgan fingerprint density at radius 1 is 0.952 bits per heavy atom. The number of thioether (sulfide) groups is 1. The lowest BCUT2D eigenvalue weighted by molar-refractivity contribution is -0.119. The van der Waals surface area contributed by atoms with Gasteiger partial charge in [0.1, 0.15) is 5.75 Å². The predicted molar refractivity (Wildman–Crippen MR) is 78.0 cm³/mol.